The second-order valence-electron chi connectivity index (χ2n) is 2.84. The molecular formula is C10H14N2O2. The van der Waals surface area contributed by atoms with Gasteiger partial charge in [0.05, 0.1) is 7.11 Å². The van der Waals surface area contributed by atoms with Gasteiger partial charge in [-0.05, 0) is 24.7 Å². The Kier molecular flexibility index (Phi) is 3.94. The lowest BCUT2D eigenvalue weighted by Crippen LogP contribution is -2.11. The molecule has 0 aliphatic rings. The zero-order valence-electron chi connectivity index (χ0n) is 8.33. The summed E-state index contributed by atoms with van der Waals surface area (Å²) in [5.74, 6) is 0. The minimum Gasteiger partial charge on any atom is -0.453 e. The number of hydrogen-bond donors (Lipinski definition) is 2. The van der Waals surface area contributed by atoms with E-state index in [1.54, 1.807) is 0 Å². The third-order valence-electron chi connectivity index (χ3n) is 1.77. The molecule has 2 N–H and O–H groups in total. The van der Waals surface area contributed by atoms with Crippen LogP contribution in [-0.4, -0.2) is 20.3 Å². The number of rotatable bonds is 3. The van der Waals surface area contributed by atoms with Gasteiger partial charge >= 0.3 is 6.09 Å². The minimum atomic E-state index is -0.452. The van der Waals surface area contributed by atoms with E-state index in [9.17, 15) is 4.79 Å². The predicted octanol–water partition coefficient (Wildman–Crippen LogP) is 1.58. The molecule has 76 valence electrons. The van der Waals surface area contributed by atoms with E-state index in [2.05, 4.69) is 15.4 Å². The lowest BCUT2D eigenvalue weighted by molar-refractivity contribution is 0.187. The van der Waals surface area contributed by atoms with Gasteiger partial charge in [0.2, 0.25) is 0 Å². The highest BCUT2D eigenvalue weighted by atomic mass is 16.5. The van der Waals surface area contributed by atoms with Crippen LogP contribution < -0.4 is 10.6 Å². The lowest BCUT2D eigenvalue weighted by atomic mass is 10.2. The van der Waals surface area contributed by atoms with E-state index in [0.29, 0.717) is 0 Å². The number of carbonyl (C=O) groups is 1. The number of benzene rings is 1. The van der Waals surface area contributed by atoms with E-state index in [1.807, 2.05) is 31.3 Å². The summed E-state index contributed by atoms with van der Waals surface area (Å²) in [6, 6.07) is 7.57. The molecule has 1 aromatic carbocycles. The van der Waals surface area contributed by atoms with Crippen molar-refractivity contribution in [2.45, 2.75) is 6.54 Å². The highest BCUT2D eigenvalue weighted by Crippen LogP contribution is 2.09. The summed E-state index contributed by atoms with van der Waals surface area (Å²) in [7, 11) is 3.23. The third-order valence-corrected chi connectivity index (χ3v) is 1.77. The Morgan fingerprint density at radius 2 is 2.00 bits per heavy atom. The first-order valence-corrected chi connectivity index (χ1v) is 4.34. The maximum absolute atomic E-state index is 10.8. The molecule has 0 atom stereocenters. The Morgan fingerprint density at radius 1 is 1.36 bits per heavy atom. The number of carbonyl (C=O) groups excluding carboxylic acids is 1. The van der Waals surface area contributed by atoms with Crippen molar-refractivity contribution in [3.63, 3.8) is 0 Å². The summed E-state index contributed by atoms with van der Waals surface area (Å²) in [5, 5.41) is 5.62. The van der Waals surface area contributed by atoms with E-state index >= 15 is 0 Å². The molecule has 4 heteroatoms. The van der Waals surface area contributed by atoms with Crippen LogP contribution in [0.25, 0.3) is 0 Å². The van der Waals surface area contributed by atoms with Gasteiger partial charge in [0.15, 0.2) is 0 Å². The number of nitrogens with one attached hydrogen (secondary N) is 2. The first-order chi connectivity index (χ1) is 6.76. The Bertz CT molecular complexity index is 295. The highest BCUT2D eigenvalue weighted by molar-refractivity contribution is 5.84. The highest BCUT2D eigenvalue weighted by Gasteiger charge is 1.99. The minimum absolute atomic E-state index is 0.452. The van der Waals surface area contributed by atoms with Crippen molar-refractivity contribution in [1.82, 2.24) is 5.32 Å². The second-order valence-corrected chi connectivity index (χ2v) is 2.84. The first-order valence-electron chi connectivity index (χ1n) is 4.34. The zero-order valence-corrected chi connectivity index (χ0v) is 8.33. The molecular weight excluding hydrogens is 180 g/mol. The van der Waals surface area contributed by atoms with E-state index in [-0.39, 0.29) is 0 Å². The van der Waals surface area contributed by atoms with E-state index in [1.165, 1.54) is 12.7 Å². The molecule has 1 aromatic rings. The number of ether oxygens (including phenoxy) is 1. The van der Waals surface area contributed by atoms with Crippen LogP contribution in [0.15, 0.2) is 24.3 Å². The molecule has 0 aliphatic carbocycles. The molecule has 1 amide bonds. The molecule has 4 nitrogen and oxygen atoms in total. The standard InChI is InChI=1S/C10H14N2O2/c1-11-7-8-3-5-9(6-4-8)12-10(13)14-2/h3-6,11H,7H2,1-2H3,(H,12,13). The van der Waals surface area contributed by atoms with Crippen LogP contribution in [-0.2, 0) is 11.3 Å². The molecule has 0 bridgehead atoms. The summed E-state index contributed by atoms with van der Waals surface area (Å²) in [5.41, 5.74) is 1.90. The normalized spacial score (nSPS) is 9.57. The van der Waals surface area contributed by atoms with Gasteiger partial charge in [-0.2, -0.15) is 0 Å². The fourth-order valence-corrected chi connectivity index (χ4v) is 1.08. The number of hydrogen-bond acceptors (Lipinski definition) is 3. The van der Waals surface area contributed by atoms with Gasteiger partial charge in [0.25, 0.3) is 0 Å². The van der Waals surface area contributed by atoms with Crippen molar-refractivity contribution < 1.29 is 9.53 Å². The molecule has 0 aromatic heterocycles. The van der Waals surface area contributed by atoms with Crippen LogP contribution in [0, 0.1) is 0 Å². The fourth-order valence-electron chi connectivity index (χ4n) is 1.08. The summed E-state index contributed by atoms with van der Waals surface area (Å²) in [4.78, 5) is 10.8. The molecule has 0 aliphatic heterocycles. The Labute approximate surface area is 83.3 Å². The third kappa shape index (κ3) is 3.06. The summed E-state index contributed by atoms with van der Waals surface area (Å²) >= 11 is 0. The van der Waals surface area contributed by atoms with Crippen LogP contribution in [0.5, 0.6) is 0 Å². The number of methoxy groups -OCH3 is 1. The van der Waals surface area contributed by atoms with Gasteiger partial charge in [-0.25, -0.2) is 4.79 Å². The molecule has 0 fully saturated rings. The average Bonchev–Trinajstić information content (AvgIpc) is 2.21. The summed E-state index contributed by atoms with van der Waals surface area (Å²) in [6.07, 6.45) is -0.452. The van der Waals surface area contributed by atoms with Crippen molar-refractivity contribution >= 4 is 11.8 Å². The second kappa shape index (κ2) is 5.24. The fraction of sp³-hybridized carbons (Fsp3) is 0.300. The maximum atomic E-state index is 10.8. The van der Waals surface area contributed by atoms with Gasteiger partial charge < -0.3 is 10.1 Å². The van der Waals surface area contributed by atoms with Gasteiger partial charge in [-0.1, -0.05) is 12.1 Å². The molecule has 1 rings (SSSR count). The molecule has 0 heterocycles. The molecule has 0 radical (unpaired) electrons. The van der Waals surface area contributed by atoms with Crippen molar-refractivity contribution in [2.24, 2.45) is 0 Å². The Morgan fingerprint density at radius 3 is 2.50 bits per heavy atom. The van der Waals surface area contributed by atoms with Crippen LogP contribution in [0.2, 0.25) is 0 Å². The summed E-state index contributed by atoms with van der Waals surface area (Å²) in [6.45, 7) is 0.818. The van der Waals surface area contributed by atoms with Crippen molar-refractivity contribution in [3.8, 4) is 0 Å². The monoisotopic (exact) mass is 194 g/mol. The Balaban J connectivity index is 2.59. The molecule has 0 unspecified atom stereocenters. The first kappa shape index (κ1) is 10.5. The van der Waals surface area contributed by atoms with Crippen molar-refractivity contribution in [3.05, 3.63) is 29.8 Å². The van der Waals surface area contributed by atoms with Gasteiger partial charge in [0.1, 0.15) is 0 Å². The zero-order chi connectivity index (χ0) is 10.4. The molecule has 0 spiro atoms. The summed E-state index contributed by atoms with van der Waals surface area (Å²) < 4.78 is 4.47. The Hall–Kier alpha value is -1.55. The molecule has 0 saturated heterocycles. The van der Waals surface area contributed by atoms with E-state index in [0.717, 1.165) is 12.2 Å². The van der Waals surface area contributed by atoms with E-state index < -0.39 is 6.09 Å². The number of anilines is 1. The maximum Gasteiger partial charge on any atom is 0.411 e. The van der Waals surface area contributed by atoms with Gasteiger partial charge in [-0.3, -0.25) is 5.32 Å². The average molecular weight is 194 g/mol. The van der Waals surface area contributed by atoms with Crippen molar-refractivity contribution in [2.75, 3.05) is 19.5 Å². The topological polar surface area (TPSA) is 50.4 Å². The quantitative estimate of drug-likeness (QED) is 0.768. The van der Waals surface area contributed by atoms with Crippen LogP contribution >= 0.6 is 0 Å². The lowest BCUT2D eigenvalue weighted by Gasteiger charge is -2.04. The van der Waals surface area contributed by atoms with E-state index in [4.69, 9.17) is 0 Å². The van der Waals surface area contributed by atoms with Crippen LogP contribution in [0.1, 0.15) is 5.56 Å². The van der Waals surface area contributed by atoms with Gasteiger partial charge in [-0.15, -0.1) is 0 Å². The predicted molar refractivity (Wildman–Crippen MR) is 55.2 cm³/mol. The number of amides is 1. The van der Waals surface area contributed by atoms with Crippen molar-refractivity contribution in [1.29, 1.82) is 0 Å². The largest absolute Gasteiger partial charge is 0.453 e. The molecule has 14 heavy (non-hydrogen) atoms. The molecule has 0 saturated carbocycles. The smallest absolute Gasteiger partial charge is 0.411 e. The van der Waals surface area contributed by atoms with Crippen LogP contribution in [0.3, 0.4) is 0 Å². The SMILES string of the molecule is CNCc1ccc(NC(=O)OC)cc1. The van der Waals surface area contributed by atoms with Gasteiger partial charge in [0, 0.05) is 12.2 Å². The van der Waals surface area contributed by atoms with Crippen LogP contribution in [0.4, 0.5) is 10.5 Å².